The first-order valence-corrected chi connectivity index (χ1v) is 5.76. The fourth-order valence-electron chi connectivity index (χ4n) is 1.63. The van der Waals surface area contributed by atoms with Crippen LogP contribution in [0.4, 0.5) is 5.69 Å². The summed E-state index contributed by atoms with van der Waals surface area (Å²) in [5.74, 6) is 0.385. The van der Waals surface area contributed by atoms with E-state index >= 15 is 0 Å². The topological polar surface area (TPSA) is 75.3 Å². The highest BCUT2D eigenvalue weighted by Gasteiger charge is 2.15. The third kappa shape index (κ3) is 4.07. The zero-order valence-corrected chi connectivity index (χ0v) is 10.5. The third-order valence-corrected chi connectivity index (χ3v) is 2.53. The van der Waals surface area contributed by atoms with E-state index in [1.54, 1.807) is 12.1 Å². The molecule has 1 rings (SSSR count). The summed E-state index contributed by atoms with van der Waals surface area (Å²) in [6, 6.07) is 4.31. The van der Waals surface area contributed by atoms with Crippen LogP contribution in [-0.2, 0) is 4.79 Å². The summed E-state index contributed by atoms with van der Waals surface area (Å²) >= 11 is 0. The minimum absolute atomic E-state index is 0.187. The van der Waals surface area contributed by atoms with Gasteiger partial charge in [0.05, 0.1) is 6.04 Å². The molecule has 0 radical (unpaired) electrons. The van der Waals surface area contributed by atoms with Crippen molar-refractivity contribution in [2.45, 2.75) is 33.2 Å². The van der Waals surface area contributed by atoms with E-state index < -0.39 is 6.04 Å². The van der Waals surface area contributed by atoms with Crippen LogP contribution in [0.3, 0.4) is 0 Å². The van der Waals surface area contributed by atoms with Gasteiger partial charge in [0.25, 0.3) is 0 Å². The summed E-state index contributed by atoms with van der Waals surface area (Å²) < 4.78 is 0. The predicted molar refractivity (Wildman–Crippen MR) is 68.9 cm³/mol. The monoisotopic (exact) mass is 236 g/mol. The van der Waals surface area contributed by atoms with E-state index in [0.29, 0.717) is 18.0 Å². The number of nitrogens with two attached hydrogens (primary N) is 1. The zero-order valence-electron chi connectivity index (χ0n) is 10.5. The largest absolute Gasteiger partial charge is 0.508 e. The molecule has 4 N–H and O–H groups in total. The Labute approximate surface area is 102 Å². The number of rotatable bonds is 4. The third-order valence-electron chi connectivity index (χ3n) is 2.53. The van der Waals surface area contributed by atoms with Crippen molar-refractivity contribution in [2.75, 3.05) is 5.32 Å². The molecule has 0 aliphatic heterocycles. The first-order chi connectivity index (χ1) is 7.90. The molecule has 0 aliphatic rings. The first kappa shape index (κ1) is 13.5. The van der Waals surface area contributed by atoms with Crippen LogP contribution in [0.25, 0.3) is 0 Å². The van der Waals surface area contributed by atoms with Gasteiger partial charge in [-0.1, -0.05) is 13.8 Å². The van der Waals surface area contributed by atoms with E-state index in [0.717, 1.165) is 5.56 Å². The molecule has 1 aromatic carbocycles. The second kappa shape index (κ2) is 5.68. The highest BCUT2D eigenvalue weighted by molar-refractivity contribution is 5.95. The molecule has 0 aliphatic carbocycles. The highest BCUT2D eigenvalue weighted by atomic mass is 16.3. The maximum absolute atomic E-state index is 11.8. The van der Waals surface area contributed by atoms with Crippen LogP contribution in [-0.4, -0.2) is 17.1 Å². The van der Waals surface area contributed by atoms with Gasteiger partial charge in [-0.2, -0.15) is 0 Å². The molecule has 4 heteroatoms. The molecule has 4 nitrogen and oxygen atoms in total. The molecule has 0 heterocycles. The van der Waals surface area contributed by atoms with Gasteiger partial charge in [0.2, 0.25) is 5.91 Å². The zero-order chi connectivity index (χ0) is 13.0. The van der Waals surface area contributed by atoms with Gasteiger partial charge in [-0.25, -0.2) is 0 Å². The van der Waals surface area contributed by atoms with Gasteiger partial charge in [-0.05, 0) is 43.0 Å². The van der Waals surface area contributed by atoms with Crippen molar-refractivity contribution in [3.63, 3.8) is 0 Å². The van der Waals surface area contributed by atoms with Crippen molar-refractivity contribution in [1.29, 1.82) is 0 Å². The van der Waals surface area contributed by atoms with Gasteiger partial charge in [-0.15, -0.1) is 0 Å². The van der Waals surface area contributed by atoms with Crippen molar-refractivity contribution < 1.29 is 9.90 Å². The van der Waals surface area contributed by atoms with Crippen LogP contribution in [0.2, 0.25) is 0 Å². The Morgan fingerprint density at radius 3 is 2.65 bits per heavy atom. The Morgan fingerprint density at radius 2 is 2.12 bits per heavy atom. The Bertz CT molecular complexity index is 402. The van der Waals surface area contributed by atoms with Gasteiger partial charge in [0.15, 0.2) is 0 Å². The normalized spacial score (nSPS) is 12.5. The van der Waals surface area contributed by atoms with Gasteiger partial charge >= 0.3 is 0 Å². The summed E-state index contributed by atoms with van der Waals surface area (Å²) in [5, 5.41) is 12.0. The summed E-state index contributed by atoms with van der Waals surface area (Å²) in [5.41, 5.74) is 7.29. The lowest BCUT2D eigenvalue weighted by molar-refractivity contribution is -0.117. The second-order valence-corrected chi connectivity index (χ2v) is 4.72. The van der Waals surface area contributed by atoms with Gasteiger partial charge < -0.3 is 16.2 Å². The van der Waals surface area contributed by atoms with Crippen LogP contribution >= 0.6 is 0 Å². The number of carbonyl (C=O) groups excluding carboxylic acids is 1. The molecule has 0 spiro atoms. The lowest BCUT2D eigenvalue weighted by Gasteiger charge is -2.15. The van der Waals surface area contributed by atoms with Gasteiger partial charge in [-0.3, -0.25) is 4.79 Å². The molecule has 1 amide bonds. The molecule has 0 fully saturated rings. The van der Waals surface area contributed by atoms with E-state index in [1.807, 2.05) is 20.8 Å². The molecular formula is C13H20N2O2. The van der Waals surface area contributed by atoms with Crippen LogP contribution < -0.4 is 11.1 Å². The SMILES string of the molecule is Cc1cc(O)ccc1NC(=O)C(N)CC(C)C. The first-order valence-electron chi connectivity index (χ1n) is 5.76. The molecule has 0 bridgehead atoms. The van der Waals surface area contributed by atoms with Crippen LogP contribution in [0.1, 0.15) is 25.8 Å². The van der Waals surface area contributed by atoms with Crippen molar-refractivity contribution in [3.05, 3.63) is 23.8 Å². The fraction of sp³-hybridized carbons (Fsp3) is 0.462. The van der Waals surface area contributed by atoms with Crippen molar-refractivity contribution >= 4 is 11.6 Å². The van der Waals surface area contributed by atoms with Crippen molar-refractivity contribution in [3.8, 4) is 5.75 Å². The standard InChI is InChI=1S/C13H20N2O2/c1-8(2)6-11(14)13(17)15-12-5-4-10(16)7-9(12)3/h4-5,7-8,11,16H,6,14H2,1-3H3,(H,15,17). The predicted octanol–water partition coefficient (Wildman–Crippen LogP) is 2.01. The number of hydrogen-bond donors (Lipinski definition) is 3. The molecule has 1 unspecified atom stereocenters. The number of amides is 1. The number of phenolic OH excluding ortho intramolecular Hbond substituents is 1. The Balaban J connectivity index is 2.67. The number of nitrogens with one attached hydrogen (secondary N) is 1. The van der Waals surface area contributed by atoms with Gasteiger partial charge in [0, 0.05) is 5.69 Å². The van der Waals surface area contributed by atoms with E-state index in [9.17, 15) is 9.90 Å². The number of anilines is 1. The summed E-state index contributed by atoms with van der Waals surface area (Å²) in [6.45, 7) is 5.88. The fourth-order valence-corrected chi connectivity index (χ4v) is 1.63. The lowest BCUT2D eigenvalue weighted by atomic mass is 10.0. The van der Waals surface area contributed by atoms with E-state index in [4.69, 9.17) is 5.73 Å². The molecule has 0 saturated heterocycles. The van der Waals surface area contributed by atoms with Gasteiger partial charge in [0.1, 0.15) is 5.75 Å². The smallest absolute Gasteiger partial charge is 0.241 e. The number of phenols is 1. The molecule has 1 atom stereocenters. The summed E-state index contributed by atoms with van der Waals surface area (Å²) in [7, 11) is 0. The van der Waals surface area contributed by atoms with E-state index in [2.05, 4.69) is 5.32 Å². The number of aromatic hydroxyl groups is 1. The average molecular weight is 236 g/mol. The lowest BCUT2D eigenvalue weighted by Crippen LogP contribution is -2.36. The number of hydrogen-bond acceptors (Lipinski definition) is 3. The molecule has 0 aromatic heterocycles. The van der Waals surface area contributed by atoms with E-state index in [-0.39, 0.29) is 11.7 Å². The van der Waals surface area contributed by atoms with Crippen LogP contribution in [0.15, 0.2) is 18.2 Å². The average Bonchev–Trinajstić information content (AvgIpc) is 2.21. The van der Waals surface area contributed by atoms with Crippen molar-refractivity contribution in [2.24, 2.45) is 11.7 Å². The molecular weight excluding hydrogens is 216 g/mol. The van der Waals surface area contributed by atoms with Crippen LogP contribution in [0.5, 0.6) is 5.75 Å². The summed E-state index contributed by atoms with van der Waals surface area (Å²) in [4.78, 5) is 11.8. The molecule has 94 valence electrons. The quantitative estimate of drug-likeness (QED) is 0.700. The molecule has 0 saturated carbocycles. The Morgan fingerprint density at radius 1 is 1.47 bits per heavy atom. The number of aryl methyl sites for hydroxylation is 1. The van der Waals surface area contributed by atoms with Crippen molar-refractivity contribution in [1.82, 2.24) is 0 Å². The number of carbonyl (C=O) groups is 1. The Kier molecular flexibility index (Phi) is 4.52. The maximum Gasteiger partial charge on any atom is 0.241 e. The number of benzene rings is 1. The van der Waals surface area contributed by atoms with E-state index in [1.165, 1.54) is 6.07 Å². The Hall–Kier alpha value is -1.55. The minimum atomic E-state index is -0.497. The minimum Gasteiger partial charge on any atom is -0.508 e. The molecule has 17 heavy (non-hydrogen) atoms. The van der Waals surface area contributed by atoms with Crippen LogP contribution in [0, 0.1) is 12.8 Å². The summed E-state index contributed by atoms with van der Waals surface area (Å²) in [6.07, 6.45) is 0.656. The molecule has 1 aromatic rings. The second-order valence-electron chi connectivity index (χ2n) is 4.72. The highest BCUT2D eigenvalue weighted by Crippen LogP contribution is 2.20. The maximum atomic E-state index is 11.8.